The molecule has 0 saturated heterocycles. The van der Waals surface area contributed by atoms with E-state index in [0.29, 0.717) is 13.0 Å². The molecule has 0 spiro atoms. The van der Waals surface area contributed by atoms with Crippen LogP contribution in [0.1, 0.15) is 30.9 Å². The van der Waals surface area contributed by atoms with Crippen molar-refractivity contribution in [2.45, 2.75) is 33.0 Å². The summed E-state index contributed by atoms with van der Waals surface area (Å²) in [5.74, 6) is 2.33. The van der Waals surface area contributed by atoms with Crippen LogP contribution < -0.4 is 19.5 Å². The summed E-state index contributed by atoms with van der Waals surface area (Å²) in [7, 11) is 1.66. The van der Waals surface area contributed by atoms with E-state index in [2.05, 4.69) is 17.4 Å². The van der Waals surface area contributed by atoms with Crippen molar-refractivity contribution in [3.8, 4) is 27.7 Å². The van der Waals surface area contributed by atoms with E-state index in [0.717, 1.165) is 61.0 Å². The standard InChI is InChI=1S/C33H31NO4S/c1-3-9-31(35)34-29-19-18-27(37-21-23-10-5-4-6-11-23)20-25(29)22-38-32-28-12-7-8-13-30(28)39-33(32)24-14-16-26(36-2)17-15-24/h4-8,10-20H,3,9,21-22H2,1-2H3,(H,34,35). The molecule has 5 nitrogen and oxygen atoms in total. The molecule has 198 valence electrons. The Kier molecular flexibility index (Phi) is 8.44. The van der Waals surface area contributed by atoms with Crippen LogP contribution in [0.25, 0.3) is 20.5 Å². The van der Waals surface area contributed by atoms with E-state index in [1.165, 1.54) is 0 Å². The van der Waals surface area contributed by atoms with Crippen LogP contribution in [-0.4, -0.2) is 13.0 Å². The molecule has 39 heavy (non-hydrogen) atoms. The highest BCUT2D eigenvalue weighted by molar-refractivity contribution is 7.22. The van der Waals surface area contributed by atoms with Gasteiger partial charge in [-0.3, -0.25) is 4.79 Å². The molecular formula is C33H31NO4S. The molecule has 0 aliphatic rings. The Morgan fingerprint density at radius 1 is 0.821 bits per heavy atom. The van der Waals surface area contributed by atoms with Crippen molar-refractivity contribution in [2.75, 3.05) is 12.4 Å². The van der Waals surface area contributed by atoms with Gasteiger partial charge in [0, 0.05) is 27.8 Å². The van der Waals surface area contributed by atoms with Crippen LogP contribution in [0.5, 0.6) is 17.2 Å². The molecule has 0 radical (unpaired) electrons. The number of nitrogens with one attached hydrogen (secondary N) is 1. The molecule has 0 atom stereocenters. The summed E-state index contributed by atoms with van der Waals surface area (Å²) in [4.78, 5) is 13.5. The van der Waals surface area contributed by atoms with Gasteiger partial charge in [-0.2, -0.15) is 0 Å². The number of carbonyl (C=O) groups is 1. The first-order valence-electron chi connectivity index (χ1n) is 13.0. The predicted molar refractivity (Wildman–Crippen MR) is 159 cm³/mol. The molecule has 6 heteroatoms. The maximum Gasteiger partial charge on any atom is 0.224 e. The van der Waals surface area contributed by atoms with E-state index >= 15 is 0 Å². The Morgan fingerprint density at radius 3 is 2.33 bits per heavy atom. The number of anilines is 1. The second-order valence-corrected chi connectivity index (χ2v) is 10.2. The molecule has 0 aliphatic carbocycles. The zero-order valence-electron chi connectivity index (χ0n) is 22.1. The van der Waals surface area contributed by atoms with E-state index in [9.17, 15) is 4.79 Å². The lowest BCUT2D eigenvalue weighted by molar-refractivity contribution is -0.116. The number of rotatable bonds is 11. The lowest BCUT2D eigenvalue weighted by atomic mass is 10.1. The summed E-state index contributed by atoms with van der Waals surface area (Å²) < 4.78 is 19.1. The molecule has 0 aliphatic heterocycles. The van der Waals surface area contributed by atoms with Gasteiger partial charge in [0.15, 0.2) is 0 Å². The number of thiophene rings is 1. The highest BCUT2D eigenvalue weighted by atomic mass is 32.1. The summed E-state index contributed by atoms with van der Waals surface area (Å²) in [6.07, 6.45) is 1.24. The molecule has 4 aromatic carbocycles. The first-order chi connectivity index (χ1) is 19.1. The monoisotopic (exact) mass is 537 g/mol. The topological polar surface area (TPSA) is 56.8 Å². The predicted octanol–water partition coefficient (Wildman–Crippen LogP) is 8.47. The smallest absolute Gasteiger partial charge is 0.224 e. The Hall–Kier alpha value is -4.29. The zero-order chi connectivity index (χ0) is 27.0. The highest BCUT2D eigenvalue weighted by Crippen LogP contribution is 2.45. The van der Waals surface area contributed by atoms with Crippen LogP contribution in [0.3, 0.4) is 0 Å². The van der Waals surface area contributed by atoms with Crippen molar-refractivity contribution in [2.24, 2.45) is 0 Å². The van der Waals surface area contributed by atoms with Crippen LogP contribution in [0.2, 0.25) is 0 Å². The number of amides is 1. The molecular weight excluding hydrogens is 506 g/mol. The maximum absolute atomic E-state index is 12.5. The lowest BCUT2D eigenvalue weighted by Gasteiger charge is -2.15. The zero-order valence-corrected chi connectivity index (χ0v) is 22.9. The van der Waals surface area contributed by atoms with Crippen molar-refractivity contribution in [3.05, 3.63) is 108 Å². The van der Waals surface area contributed by atoms with Gasteiger partial charge >= 0.3 is 0 Å². The summed E-state index contributed by atoms with van der Waals surface area (Å²) in [5, 5.41) is 4.11. The Labute approximate surface area is 233 Å². The molecule has 1 amide bonds. The lowest BCUT2D eigenvalue weighted by Crippen LogP contribution is -2.13. The fourth-order valence-electron chi connectivity index (χ4n) is 4.33. The van der Waals surface area contributed by atoms with E-state index in [-0.39, 0.29) is 12.5 Å². The van der Waals surface area contributed by atoms with Gasteiger partial charge in [0.25, 0.3) is 0 Å². The van der Waals surface area contributed by atoms with Crippen molar-refractivity contribution < 1.29 is 19.0 Å². The number of hydrogen-bond acceptors (Lipinski definition) is 5. The number of fused-ring (bicyclic) bond motifs is 1. The van der Waals surface area contributed by atoms with Gasteiger partial charge in [-0.15, -0.1) is 11.3 Å². The van der Waals surface area contributed by atoms with E-state index in [1.807, 2.05) is 91.9 Å². The minimum absolute atomic E-state index is 0.0170. The van der Waals surface area contributed by atoms with E-state index in [1.54, 1.807) is 18.4 Å². The van der Waals surface area contributed by atoms with Gasteiger partial charge in [0.05, 0.1) is 12.0 Å². The van der Waals surface area contributed by atoms with Crippen molar-refractivity contribution in [1.29, 1.82) is 0 Å². The van der Waals surface area contributed by atoms with Gasteiger partial charge in [-0.1, -0.05) is 49.4 Å². The molecule has 5 aromatic rings. The second-order valence-electron chi connectivity index (χ2n) is 9.17. The first kappa shape index (κ1) is 26.3. The van der Waals surface area contributed by atoms with E-state index < -0.39 is 0 Å². The second kappa shape index (κ2) is 12.5. The summed E-state index contributed by atoms with van der Waals surface area (Å²) in [6, 6.07) is 32.0. The summed E-state index contributed by atoms with van der Waals surface area (Å²) >= 11 is 1.70. The quantitative estimate of drug-likeness (QED) is 0.184. The average molecular weight is 538 g/mol. The van der Waals surface area contributed by atoms with Gasteiger partial charge < -0.3 is 19.5 Å². The number of carbonyl (C=O) groups excluding carboxylic acids is 1. The average Bonchev–Trinajstić information content (AvgIpc) is 3.35. The maximum atomic E-state index is 12.5. The van der Waals surface area contributed by atoms with E-state index in [4.69, 9.17) is 14.2 Å². The van der Waals surface area contributed by atoms with Gasteiger partial charge in [-0.25, -0.2) is 0 Å². The Balaban J connectivity index is 1.45. The number of benzene rings is 4. The third kappa shape index (κ3) is 6.41. The fraction of sp³-hybridized carbons (Fsp3) is 0.182. The molecule has 0 bridgehead atoms. The van der Waals surface area contributed by atoms with Gasteiger partial charge in [0.1, 0.15) is 30.5 Å². The normalized spacial score (nSPS) is 10.8. The van der Waals surface area contributed by atoms with Crippen molar-refractivity contribution in [3.63, 3.8) is 0 Å². The molecule has 0 unspecified atom stereocenters. The van der Waals surface area contributed by atoms with Crippen molar-refractivity contribution >= 4 is 33.0 Å². The van der Waals surface area contributed by atoms with Gasteiger partial charge in [-0.05, 0) is 72.1 Å². The van der Waals surface area contributed by atoms with Crippen LogP contribution in [0.15, 0.2) is 97.1 Å². The molecule has 0 saturated carbocycles. The molecule has 0 fully saturated rings. The highest BCUT2D eigenvalue weighted by Gasteiger charge is 2.17. The minimum atomic E-state index is -0.0170. The summed E-state index contributed by atoms with van der Waals surface area (Å²) in [6.45, 7) is 2.72. The molecule has 5 rings (SSSR count). The molecule has 1 N–H and O–H groups in total. The largest absolute Gasteiger partial charge is 0.497 e. The molecule has 1 aromatic heterocycles. The fourth-order valence-corrected chi connectivity index (χ4v) is 5.48. The summed E-state index contributed by atoms with van der Waals surface area (Å²) in [5.41, 5.74) is 3.72. The van der Waals surface area contributed by atoms with Crippen LogP contribution in [0, 0.1) is 0 Å². The van der Waals surface area contributed by atoms with Crippen LogP contribution >= 0.6 is 11.3 Å². The Morgan fingerprint density at radius 2 is 1.56 bits per heavy atom. The third-order valence-electron chi connectivity index (χ3n) is 6.35. The minimum Gasteiger partial charge on any atom is -0.497 e. The third-order valence-corrected chi connectivity index (χ3v) is 7.55. The molecule has 1 heterocycles. The SMILES string of the molecule is CCCC(=O)Nc1ccc(OCc2ccccc2)cc1COc1c(-c2ccc(OC)cc2)sc2ccccc12. The number of ether oxygens (including phenoxy) is 3. The number of methoxy groups -OCH3 is 1. The van der Waals surface area contributed by atoms with Crippen LogP contribution in [0.4, 0.5) is 5.69 Å². The Bertz CT molecular complexity index is 1540. The first-order valence-corrected chi connectivity index (χ1v) is 13.8. The van der Waals surface area contributed by atoms with Crippen molar-refractivity contribution in [1.82, 2.24) is 0 Å². The van der Waals surface area contributed by atoms with Gasteiger partial charge in [0.2, 0.25) is 5.91 Å². The number of hydrogen-bond donors (Lipinski definition) is 1. The van der Waals surface area contributed by atoms with Crippen LogP contribution in [-0.2, 0) is 18.0 Å².